The number of anilines is 1. The van der Waals surface area contributed by atoms with Crippen molar-refractivity contribution >= 4 is 38.3 Å². The Bertz CT molecular complexity index is 649. The number of carbonyl (C=O) groups is 1. The van der Waals surface area contributed by atoms with E-state index in [1.807, 2.05) is 24.3 Å². The van der Waals surface area contributed by atoms with Crippen molar-refractivity contribution in [3.05, 3.63) is 64.4 Å². The molecule has 2 atom stereocenters. The molecule has 0 spiro atoms. The van der Waals surface area contributed by atoms with Crippen LogP contribution in [0.25, 0.3) is 0 Å². The molecule has 0 unspecified atom stereocenters. The van der Waals surface area contributed by atoms with E-state index in [0.717, 1.165) is 10.0 Å². The average molecular weight is 384 g/mol. The highest BCUT2D eigenvalue weighted by Crippen LogP contribution is 2.15. The summed E-state index contributed by atoms with van der Waals surface area (Å²) in [6, 6.07) is 13.1. The molecule has 3 nitrogen and oxygen atoms in total. The first kappa shape index (κ1) is 16.8. The van der Waals surface area contributed by atoms with Gasteiger partial charge in [0, 0.05) is 26.7 Å². The number of rotatable bonds is 5. The van der Waals surface area contributed by atoms with E-state index in [9.17, 15) is 13.4 Å². The molecule has 0 aliphatic heterocycles. The van der Waals surface area contributed by atoms with Crippen molar-refractivity contribution in [2.24, 2.45) is 0 Å². The van der Waals surface area contributed by atoms with Gasteiger partial charge in [0.25, 0.3) is 0 Å². The SMILES string of the molecule is C[C@H](C(=O)Nc1cccc(F)c1)[S@](=O)Cc1cccc(Br)c1. The van der Waals surface area contributed by atoms with E-state index in [1.165, 1.54) is 18.2 Å². The van der Waals surface area contributed by atoms with Crippen molar-refractivity contribution in [2.45, 2.75) is 17.9 Å². The van der Waals surface area contributed by atoms with Gasteiger partial charge in [-0.3, -0.25) is 9.00 Å². The number of nitrogens with one attached hydrogen (secondary N) is 1. The molecular weight excluding hydrogens is 369 g/mol. The standard InChI is InChI=1S/C16H15BrFNO2S/c1-11(16(20)19-15-7-3-6-14(18)9-15)22(21)10-12-4-2-5-13(17)8-12/h2-9,11H,10H2,1H3,(H,19,20)/t11-,22-/m1/s1. The van der Waals surface area contributed by atoms with Crippen LogP contribution >= 0.6 is 15.9 Å². The molecule has 2 aromatic carbocycles. The van der Waals surface area contributed by atoms with Gasteiger partial charge < -0.3 is 5.32 Å². The van der Waals surface area contributed by atoms with Crippen molar-refractivity contribution in [2.75, 3.05) is 5.32 Å². The molecule has 22 heavy (non-hydrogen) atoms. The Morgan fingerprint density at radius 2 is 2.00 bits per heavy atom. The number of halogens is 2. The van der Waals surface area contributed by atoms with Gasteiger partial charge in [-0.25, -0.2) is 4.39 Å². The van der Waals surface area contributed by atoms with Crippen LogP contribution in [0.1, 0.15) is 12.5 Å². The Morgan fingerprint density at radius 1 is 1.27 bits per heavy atom. The van der Waals surface area contributed by atoms with Crippen molar-refractivity contribution in [3.63, 3.8) is 0 Å². The number of hydrogen-bond acceptors (Lipinski definition) is 2. The maximum absolute atomic E-state index is 13.1. The minimum atomic E-state index is -1.36. The van der Waals surface area contributed by atoms with Crippen LogP contribution in [0.2, 0.25) is 0 Å². The maximum atomic E-state index is 13.1. The molecule has 2 aromatic rings. The molecule has 2 rings (SSSR count). The van der Waals surface area contributed by atoms with E-state index in [2.05, 4.69) is 21.2 Å². The first-order valence-electron chi connectivity index (χ1n) is 6.64. The second-order valence-electron chi connectivity index (χ2n) is 4.80. The topological polar surface area (TPSA) is 46.2 Å². The minimum Gasteiger partial charge on any atom is -0.325 e. The molecule has 0 aliphatic rings. The van der Waals surface area contributed by atoms with Crippen molar-refractivity contribution in [1.29, 1.82) is 0 Å². The summed E-state index contributed by atoms with van der Waals surface area (Å²) < 4.78 is 26.3. The number of carbonyl (C=O) groups excluding carboxylic acids is 1. The zero-order valence-electron chi connectivity index (χ0n) is 11.9. The molecule has 0 bridgehead atoms. The highest BCUT2D eigenvalue weighted by Gasteiger charge is 2.20. The maximum Gasteiger partial charge on any atom is 0.239 e. The summed E-state index contributed by atoms with van der Waals surface area (Å²) in [5.74, 6) is -0.531. The van der Waals surface area contributed by atoms with Gasteiger partial charge in [0.15, 0.2) is 0 Å². The van der Waals surface area contributed by atoms with Gasteiger partial charge in [-0.05, 0) is 42.8 Å². The predicted molar refractivity (Wildman–Crippen MR) is 90.5 cm³/mol. The third kappa shape index (κ3) is 4.74. The largest absolute Gasteiger partial charge is 0.325 e. The van der Waals surface area contributed by atoms with Gasteiger partial charge in [0.2, 0.25) is 5.91 Å². The Kier molecular flexibility index (Phi) is 5.85. The summed E-state index contributed by atoms with van der Waals surface area (Å²) in [5, 5.41) is 1.89. The molecule has 0 radical (unpaired) electrons. The Labute approximate surface area is 139 Å². The molecule has 0 heterocycles. The highest BCUT2D eigenvalue weighted by molar-refractivity contribution is 9.10. The van der Waals surface area contributed by atoms with Crippen LogP contribution in [-0.4, -0.2) is 15.4 Å². The lowest BCUT2D eigenvalue weighted by Crippen LogP contribution is -2.29. The van der Waals surface area contributed by atoms with E-state index in [-0.39, 0.29) is 11.7 Å². The summed E-state index contributed by atoms with van der Waals surface area (Å²) in [7, 11) is -1.36. The second kappa shape index (κ2) is 7.65. The summed E-state index contributed by atoms with van der Waals surface area (Å²) >= 11 is 3.36. The van der Waals surface area contributed by atoms with Crippen molar-refractivity contribution in [1.82, 2.24) is 0 Å². The molecule has 1 amide bonds. The van der Waals surface area contributed by atoms with Crippen LogP contribution in [0.15, 0.2) is 53.0 Å². The zero-order chi connectivity index (χ0) is 16.1. The Balaban J connectivity index is 1.99. The van der Waals surface area contributed by atoms with Gasteiger partial charge in [-0.2, -0.15) is 0 Å². The Morgan fingerprint density at radius 3 is 2.68 bits per heavy atom. The highest BCUT2D eigenvalue weighted by atomic mass is 79.9. The van der Waals surface area contributed by atoms with E-state index in [0.29, 0.717) is 5.69 Å². The fourth-order valence-corrected chi connectivity index (χ4v) is 3.35. The van der Waals surface area contributed by atoms with Crippen LogP contribution in [0.3, 0.4) is 0 Å². The first-order chi connectivity index (χ1) is 10.5. The minimum absolute atomic E-state index is 0.289. The molecule has 0 saturated heterocycles. The molecule has 0 fully saturated rings. The summed E-state index contributed by atoms with van der Waals surface area (Å²) in [6.07, 6.45) is 0. The quantitative estimate of drug-likeness (QED) is 0.851. The van der Waals surface area contributed by atoms with Crippen LogP contribution < -0.4 is 5.32 Å². The zero-order valence-corrected chi connectivity index (χ0v) is 14.3. The van der Waals surface area contributed by atoms with Crippen LogP contribution in [0.5, 0.6) is 0 Å². The lowest BCUT2D eigenvalue weighted by atomic mass is 10.2. The normalized spacial score (nSPS) is 13.4. The average Bonchev–Trinajstić information content (AvgIpc) is 2.46. The van der Waals surface area contributed by atoms with E-state index in [1.54, 1.807) is 13.0 Å². The van der Waals surface area contributed by atoms with Crippen LogP contribution in [0, 0.1) is 5.82 Å². The van der Waals surface area contributed by atoms with Gasteiger partial charge in [-0.1, -0.05) is 34.1 Å². The van der Waals surface area contributed by atoms with Crippen molar-refractivity contribution < 1.29 is 13.4 Å². The van der Waals surface area contributed by atoms with Gasteiger partial charge >= 0.3 is 0 Å². The third-order valence-corrected chi connectivity index (χ3v) is 5.17. The van der Waals surface area contributed by atoms with Crippen molar-refractivity contribution in [3.8, 4) is 0 Å². The molecule has 0 aliphatic carbocycles. The number of amides is 1. The fraction of sp³-hybridized carbons (Fsp3) is 0.188. The monoisotopic (exact) mass is 383 g/mol. The Hall–Kier alpha value is -1.53. The van der Waals surface area contributed by atoms with Gasteiger partial charge in [-0.15, -0.1) is 0 Å². The van der Waals surface area contributed by atoms with E-state index in [4.69, 9.17) is 0 Å². The summed E-state index contributed by atoms with van der Waals surface area (Å²) in [5.41, 5.74) is 1.24. The molecule has 0 aromatic heterocycles. The second-order valence-corrected chi connectivity index (χ2v) is 7.47. The predicted octanol–water partition coefficient (Wildman–Crippen LogP) is 3.86. The van der Waals surface area contributed by atoms with E-state index >= 15 is 0 Å². The van der Waals surface area contributed by atoms with E-state index < -0.39 is 21.9 Å². The summed E-state index contributed by atoms with van der Waals surface area (Å²) in [4.78, 5) is 12.1. The number of benzene rings is 2. The lowest BCUT2D eigenvalue weighted by molar-refractivity contribution is -0.115. The first-order valence-corrected chi connectivity index (χ1v) is 8.81. The third-order valence-electron chi connectivity index (χ3n) is 3.05. The smallest absolute Gasteiger partial charge is 0.239 e. The lowest BCUT2D eigenvalue weighted by Gasteiger charge is -2.12. The molecule has 6 heteroatoms. The van der Waals surface area contributed by atoms with Crippen LogP contribution in [-0.2, 0) is 21.3 Å². The molecule has 1 N–H and O–H groups in total. The molecular formula is C16H15BrFNO2S. The van der Waals surface area contributed by atoms with Crippen LogP contribution in [0.4, 0.5) is 10.1 Å². The number of hydrogen-bond donors (Lipinski definition) is 1. The summed E-state index contributed by atoms with van der Waals surface area (Å²) in [6.45, 7) is 1.60. The van der Waals surface area contributed by atoms with Gasteiger partial charge in [0.05, 0.1) is 0 Å². The fourth-order valence-electron chi connectivity index (χ4n) is 1.85. The molecule has 116 valence electrons. The molecule has 0 saturated carbocycles. The van der Waals surface area contributed by atoms with Gasteiger partial charge in [0.1, 0.15) is 11.1 Å².